The number of rotatable bonds is 3. The van der Waals surface area contributed by atoms with Crippen molar-refractivity contribution in [2.75, 3.05) is 5.32 Å². The lowest BCUT2D eigenvalue weighted by Crippen LogP contribution is -2.35. The highest BCUT2D eigenvalue weighted by molar-refractivity contribution is 5.62. The van der Waals surface area contributed by atoms with Crippen molar-refractivity contribution in [3.8, 4) is 11.4 Å². The maximum atomic E-state index is 12.9. The van der Waals surface area contributed by atoms with Gasteiger partial charge in [0, 0.05) is 12.3 Å². The molecule has 0 amide bonds. The van der Waals surface area contributed by atoms with Gasteiger partial charge in [-0.2, -0.15) is 22.8 Å². The summed E-state index contributed by atoms with van der Waals surface area (Å²) in [6.45, 7) is 1.85. The lowest BCUT2D eigenvalue weighted by Gasteiger charge is -2.19. The van der Waals surface area contributed by atoms with Crippen LogP contribution in [0, 0.1) is 5.92 Å². The van der Waals surface area contributed by atoms with Gasteiger partial charge in [0.05, 0.1) is 17.8 Å². The number of aliphatic hydroxyl groups is 2. The molecule has 0 saturated heterocycles. The minimum absolute atomic E-state index is 0.0627. The summed E-state index contributed by atoms with van der Waals surface area (Å²) in [6, 6.07) is 6.43. The first-order chi connectivity index (χ1) is 13.2. The summed E-state index contributed by atoms with van der Waals surface area (Å²) in [5.74, 6) is 0.445. The average Bonchev–Trinajstić information content (AvgIpc) is 3.19. The molecule has 3 N–H and O–H groups in total. The van der Waals surface area contributed by atoms with Crippen LogP contribution in [-0.2, 0) is 6.18 Å². The first kappa shape index (κ1) is 18.6. The second-order valence-corrected chi connectivity index (χ2v) is 6.98. The van der Waals surface area contributed by atoms with E-state index >= 15 is 0 Å². The predicted octanol–water partition coefficient (Wildman–Crippen LogP) is 2.35. The molecule has 0 radical (unpaired) electrons. The van der Waals surface area contributed by atoms with Crippen LogP contribution in [0.1, 0.15) is 19.0 Å². The molecule has 1 fully saturated rings. The quantitative estimate of drug-likeness (QED) is 0.632. The molecule has 1 aliphatic carbocycles. The molecule has 1 aliphatic rings. The minimum Gasteiger partial charge on any atom is -0.390 e. The molecule has 0 unspecified atom stereocenters. The van der Waals surface area contributed by atoms with Crippen LogP contribution in [0.4, 0.5) is 19.0 Å². The molecule has 3 heterocycles. The summed E-state index contributed by atoms with van der Waals surface area (Å²) in [7, 11) is 0. The molecule has 0 aliphatic heterocycles. The first-order valence-corrected chi connectivity index (χ1v) is 8.76. The number of anilines is 1. The van der Waals surface area contributed by atoms with Crippen LogP contribution < -0.4 is 5.32 Å². The fraction of sp³-hybridized carbons (Fsp3) is 0.389. The van der Waals surface area contributed by atoms with Gasteiger partial charge in [0.1, 0.15) is 23.3 Å². The van der Waals surface area contributed by atoms with Crippen LogP contribution >= 0.6 is 0 Å². The van der Waals surface area contributed by atoms with Gasteiger partial charge >= 0.3 is 6.18 Å². The molecule has 4 rings (SSSR count). The Hall–Kier alpha value is -2.72. The van der Waals surface area contributed by atoms with Gasteiger partial charge in [-0.25, -0.2) is 9.97 Å². The van der Waals surface area contributed by atoms with Gasteiger partial charge < -0.3 is 15.5 Å². The SMILES string of the molecule is C[C@@H]1C[C@@H](Nc2ccnc3cc(-c4cccc(C(F)(F)F)n4)nn23)[C@H](O)[C@@H]1O. The number of hydrogen-bond donors (Lipinski definition) is 3. The highest BCUT2D eigenvalue weighted by Gasteiger charge is 2.39. The summed E-state index contributed by atoms with van der Waals surface area (Å²) in [6.07, 6.45) is -4.20. The minimum atomic E-state index is -4.55. The van der Waals surface area contributed by atoms with Gasteiger partial charge in [0.25, 0.3) is 0 Å². The Morgan fingerprint density at radius 2 is 1.93 bits per heavy atom. The van der Waals surface area contributed by atoms with Crippen LogP contribution in [0.15, 0.2) is 36.5 Å². The van der Waals surface area contributed by atoms with Gasteiger partial charge in [0.2, 0.25) is 0 Å². The number of pyridine rings is 1. The number of fused-ring (bicyclic) bond motifs is 1. The summed E-state index contributed by atoms with van der Waals surface area (Å²) in [4.78, 5) is 7.83. The summed E-state index contributed by atoms with van der Waals surface area (Å²) >= 11 is 0. The first-order valence-electron chi connectivity index (χ1n) is 8.76. The van der Waals surface area contributed by atoms with E-state index in [-0.39, 0.29) is 23.3 Å². The van der Waals surface area contributed by atoms with Crippen LogP contribution in [0.2, 0.25) is 0 Å². The zero-order valence-corrected chi connectivity index (χ0v) is 14.8. The normalized spacial score (nSPS) is 25.4. The molecule has 7 nitrogen and oxygen atoms in total. The van der Waals surface area contributed by atoms with Crippen molar-refractivity contribution in [1.29, 1.82) is 0 Å². The molecule has 10 heteroatoms. The van der Waals surface area contributed by atoms with E-state index in [0.717, 1.165) is 6.07 Å². The Balaban J connectivity index is 1.68. The van der Waals surface area contributed by atoms with E-state index in [0.29, 0.717) is 17.9 Å². The number of aromatic nitrogens is 4. The Morgan fingerprint density at radius 3 is 2.61 bits per heavy atom. The highest BCUT2D eigenvalue weighted by Crippen LogP contribution is 2.31. The summed E-state index contributed by atoms with van der Waals surface area (Å²) in [5, 5.41) is 27.6. The van der Waals surface area contributed by atoms with Crippen LogP contribution in [-0.4, -0.2) is 48.0 Å². The number of hydrogen-bond acceptors (Lipinski definition) is 6. The molecule has 28 heavy (non-hydrogen) atoms. The third-order valence-electron chi connectivity index (χ3n) is 4.96. The van der Waals surface area contributed by atoms with Crippen molar-refractivity contribution in [1.82, 2.24) is 19.6 Å². The van der Waals surface area contributed by atoms with E-state index < -0.39 is 24.1 Å². The second kappa shape index (κ2) is 6.71. The van der Waals surface area contributed by atoms with Crippen molar-refractivity contribution in [3.05, 3.63) is 42.2 Å². The average molecular weight is 393 g/mol. The highest BCUT2D eigenvalue weighted by atomic mass is 19.4. The van der Waals surface area contributed by atoms with E-state index in [1.54, 1.807) is 6.07 Å². The molecule has 3 aromatic heterocycles. The zero-order chi connectivity index (χ0) is 20.1. The van der Waals surface area contributed by atoms with Crippen molar-refractivity contribution < 1.29 is 23.4 Å². The maximum Gasteiger partial charge on any atom is 0.433 e. The van der Waals surface area contributed by atoms with Gasteiger partial charge in [-0.1, -0.05) is 13.0 Å². The second-order valence-electron chi connectivity index (χ2n) is 6.98. The van der Waals surface area contributed by atoms with Crippen LogP contribution in [0.5, 0.6) is 0 Å². The Labute approximate surface area is 157 Å². The fourth-order valence-corrected chi connectivity index (χ4v) is 3.45. The Kier molecular flexibility index (Phi) is 4.47. The smallest absolute Gasteiger partial charge is 0.390 e. The van der Waals surface area contributed by atoms with Gasteiger partial charge in [-0.05, 0) is 30.5 Å². The largest absolute Gasteiger partial charge is 0.433 e. The van der Waals surface area contributed by atoms with Crippen molar-refractivity contribution in [2.24, 2.45) is 5.92 Å². The maximum absolute atomic E-state index is 12.9. The molecular weight excluding hydrogens is 375 g/mol. The molecule has 1 saturated carbocycles. The van der Waals surface area contributed by atoms with Gasteiger partial charge in [-0.15, -0.1) is 0 Å². The number of halogens is 3. The van der Waals surface area contributed by atoms with Crippen molar-refractivity contribution >= 4 is 11.5 Å². The van der Waals surface area contributed by atoms with E-state index in [1.165, 1.54) is 28.9 Å². The van der Waals surface area contributed by atoms with Crippen molar-refractivity contribution in [3.63, 3.8) is 0 Å². The van der Waals surface area contributed by atoms with E-state index in [4.69, 9.17) is 0 Å². The third-order valence-corrected chi connectivity index (χ3v) is 4.96. The number of nitrogens with zero attached hydrogens (tertiary/aromatic N) is 4. The molecule has 148 valence electrons. The summed E-state index contributed by atoms with van der Waals surface area (Å²) < 4.78 is 40.2. The Morgan fingerprint density at radius 1 is 1.14 bits per heavy atom. The van der Waals surface area contributed by atoms with Crippen LogP contribution in [0.3, 0.4) is 0 Å². The van der Waals surface area contributed by atoms with E-state index in [2.05, 4.69) is 20.4 Å². The molecule has 0 bridgehead atoms. The standard InChI is InChI=1S/C18H18F3N5O2/c1-9-7-12(17(28)16(9)27)24-14-5-6-22-15-8-11(25-26(14)15)10-3-2-4-13(23-10)18(19,20)21/h2-6,8-9,12,16-17,24,27-28H,7H2,1H3/t9-,12-,16-,17+/m1/s1. The van der Waals surface area contributed by atoms with Gasteiger partial charge in [-0.3, -0.25) is 0 Å². The lowest BCUT2D eigenvalue weighted by atomic mass is 10.1. The topological polar surface area (TPSA) is 95.6 Å². The fourth-order valence-electron chi connectivity index (χ4n) is 3.45. The molecule has 0 spiro atoms. The number of alkyl halides is 3. The molecule has 4 atom stereocenters. The number of aliphatic hydroxyl groups excluding tert-OH is 2. The molecule has 3 aromatic rings. The lowest BCUT2D eigenvalue weighted by molar-refractivity contribution is -0.141. The van der Waals surface area contributed by atoms with E-state index in [1.807, 2.05) is 6.92 Å². The molecular formula is C18H18F3N5O2. The number of nitrogens with one attached hydrogen (secondary N) is 1. The third kappa shape index (κ3) is 3.29. The van der Waals surface area contributed by atoms with E-state index in [9.17, 15) is 23.4 Å². The van der Waals surface area contributed by atoms with Gasteiger partial charge in [0.15, 0.2) is 5.65 Å². The van der Waals surface area contributed by atoms with Crippen LogP contribution in [0.25, 0.3) is 17.0 Å². The van der Waals surface area contributed by atoms with Crippen molar-refractivity contribution in [2.45, 2.75) is 37.8 Å². The zero-order valence-electron chi connectivity index (χ0n) is 14.8. The summed E-state index contributed by atoms with van der Waals surface area (Å²) in [5.41, 5.74) is -0.254. The monoisotopic (exact) mass is 393 g/mol. The Bertz CT molecular complexity index is 1010. The molecule has 0 aromatic carbocycles. The predicted molar refractivity (Wildman–Crippen MR) is 94.4 cm³/mol.